The van der Waals surface area contributed by atoms with Crippen LogP contribution in [0, 0.1) is 6.92 Å². The second kappa shape index (κ2) is 7.37. The molecule has 0 heterocycles. The summed E-state index contributed by atoms with van der Waals surface area (Å²) in [6.45, 7) is 3.70. The Kier molecular flexibility index (Phi) is 5.34. The van der Waals surface area contributed by atoms with Gasteiger partial charge in [0.25, 0.3) is 10.0 Å². The zero-order valence-corrected chi connectivity index (χ0v) is 16.6. The molecule has 0 saturated carbocycles. The average molecular weight is 390 g/mol. The minimum absolute atomic E-state index is 0.0688. The van der Waals surface area contributed by atoms with Crippen molar-refractivity contribution in [2.75, 3.05) is 0 Å². The van der Waals surface area contributed by atoms with Crippen LogP contribution in [-0.2, 0) is 19.8 Å². The molecule has 2 aromatic rings. The van der Waals surface area contributed by atoms with Crippen molar-refractivity contribution in [3.05, 3.63) is 71.8 Å². The molecule has 138 valence electrons. The molecular weight excluding hydrogens is 366 g/mol. The van der Waals surface area contributed by atoms with Gasteiger partial charge < -0.3 is 0 Å². The van der Waals surface area contributed by atoms with E-state index in [-0.39, 0.29) is 4.90 Å². The number of nitrogens with zero attached hydrogens (tertiary/aromatic N) is 1. The minimum Gasteiger partial charge on any atom is -0.243 e. The van der Waals surface area contributed by atoms with Gasteiger partial charge in [-0.25, -0.2) is 4.21 Å². The molecule has 0 amide bonds. The van der Waals surface area contributed by atoms with Gasteiger partial charge in [0.05, 0.1) is 19.9 Å². The maximum absolute atomic E-state index is 13.9. The van der Waals surface area contributed by atoms with E-state index in [1.807, 2.05) is 19.9 Å². The molecule has 0 radical (unpaired) electrons. The highest BCUT2D eigenvalue weighted by Gasteiger charge is 2.29. The minimum atomic E-state index is -4.04. The van der Waals surface area contributed by atoms with Crippen molar-refractivity contribution in [2.24, 2.45) is 3.77 Å². The van der Waals surface area contributed by atoms with Crippen LogP contribution in [0.4, 0.5) is 0 Å². The molecule has 0 saturated heterocycles. The Morgan fingerprint density at radius 2 is 1.58 bits per heavy atom. The molecular formula is C20H23NO3S2. The summed E-state index contributed by atoms with van der Waals surface area (Å²) in [5.41, 5.74) is 1.99. The Bertz CT molecular complexity index is 1030. The molecule has 2 atom stereocenters. The lowest BCUT2D eigenvalue weighted by Crippen LogP contribution is -2.21. The van der Waals surface area contributed by atoms with Crippen LogP contribution in [0.2, 0.25) is 0 Å². The maximum atomic E-state index is 13.9. The monoisotopic (exact) mass is 389 g/mol. The van der Waals surface area contributed by atoms with Gasteiger partial charge in [-0.2, -0.15) is 8.42 Å². The van der Waals surface area contributed by atoms with E-state index in [0.29, 0.717) is 4.90 Å². The maximum Gasteiger partial charge on any atom is 0.290 e. The Balaban J connectivity index is 2.19. The van der Waals surface area contributed by atoms with Gasteiger partial charge in [-0.05, 0) is 57.4 Å². The van der Waals surface area contributed by atoms with Gasteiger partial charge in [0.1, 0.15) is 0 Å². The number of rotatable bonds is 5. The van der Waals surface area contributed by atoms with Gasteiger partial charge in [0.15, 0.2) is 0 Å². The van der Waals surface area contributed by atoms with E-state index in [1.165, 1.54) is 12.1 Å². The highest BCUT2D eigenvalue weighted by molar-refractivity contribution is 8.03. The normalized spacial score (nSPS) is 18.0. The summed E-state index contributed by atoms with van der Waals surface area (Å²) in [4.78, 5) is 0.523. The lowest BCUT2D eigenvalue weighted by molar-refractivity contribution is 0.597. The lowest BCUT2D eigenvalue weighted by Gasteiger charge is -2.19. The van der Waals surface area contributed by atoms with Gasteiger partial charge in [0, 0.05) is 4.90 Å². The quantitative estimate of drug-likeness (QED) is 0.696. The van der Waals surface area contributed by atoms with Crippen LogP contribution >= 0.6 is 0 Å². The van der Waals surface area contributed by atoms with Crippen LogP contribution in [-0.4, -0.2) is 17.9 Å². The standard InChI is InChI=1S/C20H23NO3S2/c1-16-12-14-20(15-13-16)26(23,24)21-25(22,19-10-4-3-5-11-19)17(2)18-8-6-7-9-18/h3-5,8,10-15,17H,6-7,9H2,1-2H3. The van der Waals surface area contributed by atoms with E-state index in [1.54, 1.807) is 36.4 Å². The molecule has 0 aromatic heterocycles. The van der Waals surface area contributed by atoms with Gasteiger partial charge in [-0.1, -0.05) is 47.5 Å². The molecule has 0 spiro atoms. The van der Waals surface area contributed by atoms with Crippen LogP contribution in [0.1, 0.15) is 31.7 Å². The summed E-state index contributed by atoms with van der Waals surface area (Å²) < 4.78 is 43.7. The molecule has 6 heteroatoms. The third kappa shape index (κ3) is 3.76. The number of allylic oxidation sites excluding steroid dienone is 1. The summed E-state index contributed by atoms with van der Waals surface area (Å²) in [5.74, 6) is 0. The van der Waals surface area contributed by atoms with E-state index in [2.05, 4.69) is 9.84 Å². The predicted octanol–water partition coefficient (Wildman–Crippen LogP) is 4.71. The molecule has 0 fully saturated rings. The molecule has 0 aliphatic heterocycles. The Morgan fingerprint density at radius 1 is 0.923 bits per heavy atom. The topological polar surface area (TPSA) is 63.6 Å². The van der Waals surface area contributed by atoms with E-state index in [4.69, 9.17) is 0 Å². The Hall–Kier alpha value is -1.92. The number of hydrogen-bond acceptors (Lipinski definition) is 3. The van der Waals surface area contributed by atoms with Gasteiger partial charge in [0.2, 0.25) is 0 Å². The number of benzene rings is 2. The molecule has 4 nitrogen and oxygen atoms in total. The fraction of sp³-hybridized carbons (Fsp3) is 0.300. The smallest absolute Gasteiger partial charge is 0.243 e. The highest BCUT2D eigenvalue weighted by Crippen LogP contribution is 2.32. The summed E-state index contributed by atoms with van der Waals surface area (Å²) >= 11 is 0. The van der Waals surface area contributed by atoms with Crippen molar-refractivity contribution in [3.63, 3.8) is 0 Å². The highest BCUT2D eigenvalue weighted by atomic mass is 32.3. The predicted molar refractivity (Wildman–Crippen MR) is 105 cm³/mol. The number of hydrogen-bond donors (Lipinski definition) is 0. The SMILES string of the molecule is Cc1ccc(S(=O)(=O)N=S(=O)(c2ccccc2)C(C)C2=CCCC2)cc1. The van der Waals surface area contributed by atoms with Crippen LogP contribution in [0.5, 0.6) is 0 Å². The Morgan fingerprint density at radius 3 is 2.15 bits per heavy atom. The van der Waals surface area contributed by atoms with Gasteiger partial charge >= 0.3 is 0 Å². The van der Waals surface area contributed by atoms with Crippen molar-refractivity contribution in [3.8, 4) is 0 Å². The third-order valence-electron chi connectivity index (χ3n) is 4.69. The fourth-order valence-electron chi connectivity index (χ4n) is 3.10. The first-order chi connectivity index (χ1) is 12.3. The molecule has 0 bridgehead atoms. The number of sulfonamides is 1. The van der Waals surface area contributed by atoms with Crippen LogP contribution in [0.25, 0.3) is 0 Å². The second-order valence-corrected chi connectivity index (χ2v) is 10.9. The van der Waals surface area contributed by atoms with Crippen molar-refractivity contribution in [1.82, 2.24) is 0 Å². The average Bonchev–Trinajstić information content (AvgIpc) is 3.16. The summed E-state index contributed by atoms with van der Waals surface area (Å²) in [6, 6.07) is 15.2. The summed E-state index contributed by atoms with van der Waals surface area (Å²) in [6.07, 6.45) is 4.86. The summed E-state index contributed by atoms with van der Waals surface area (Å²) in [5, 5.41) is -0.451. The van der Waals surface area contributed by atoms with Gasteiger partial charge in [-0.15, -0.1) is 3.77 Å². The van der Waals surface area contributed by atoms with E-state index < -0.39 is 25.0 Å². The molecule has 3 rings (SSSR count). The molecule has 2 aromatic carbocycles. The lowest BCUT2D eigenvalue weighted by atomic mass is 10.2. The first-order valence-electron chi connectivity index (χ1n) is 8.66. The molecule has 1 aliphatic carbocycles. The second-order valence-electron chi connectivity index (χ2n) is 6.56. The van der Waals surface area contributed by atoms with Crippen LogP contribution in [0.3, 0.4) is 0 Å². The molecule has 0 N–H and O–H groups in total. The summed E-state index contributed by atoms with van der Waals surface area (Å²) in [7, 11) is -7.21. The zero-order chi connectivity index (χ0) is 18.8. The molecule has 2 unspecified atom stereocenters. The molecule has 26 heavy (non-hydrogen) atoms. The third-order valence-corrected chi connectivity index (χ3v) is 9.43. The zero-order valence-electron chi connectivity index (χ0n) is 15.0. The first-order valence-corrected chi connectivity index (χ1v) is 11.7. The molecule has 1 aliphatic rings. The van der Waals surface area contributed by atoms with E-state index in [9.17, 15) is 12.6 Å². The van der Waals surface area contributed by atoms with E-state index in [0.717, 1.165) is 30.4 Å². The first kappa shape index (κ1) is 18.9. The van der Waals surface area contributed by atoms with Crippen molar-refractivity contribution in [2.45, 2.75) is 48.2 Å². The van der Waals surface area contributed by atoms with Crippen LogP contribution < -0.4 is 0 Å². The van der Waals surface area contributed by atoms with E-state index >= 15 is 0 Å². The Labute approximate surface area is 156 Å². The van der Waals surface area contributed by atoms with Gasteiger partial charge in [-0.3, -0.25) is 0 Å². The number of aryl methyl sites for hydroxylation is 1. The van der Waals surface area contributed by atoms with Crippen molar-refractivity contribution < 1.29 is 12.6 Å². The largest absolute Gasteiger partial charge is 0.290 e. The van der Waals surface area contributed by atoms with Crippen molar-refractivity contribution in [1.29, 1.82) is 0 Å². The van der Waals surface area contributed by atoms with Crippen molar-refractivity contribution >= 4 is 19.8 Å². The fourth-order valence-corrected chi connectivity index (χ4v) is 7.53. The van der Waals surface area contributed by atoms with Crippen LogP contribution in [0.15, 0.2) is 79.8 Å².